The SMILES string of the molecule is Cc1ccc2c(c1)[C@@H]1[C@H]3C[C@@H]([C@@H]1N2CCc1ccc(C)nc1)N(C)C3. The van der Waals surface area contributed by atoms with Crippen LogP contribution in [-0.4, -0.2) is 42.1 Å². The van der Waals surface area contributed by atoms with Crippen molar-refractivity contribution in [2.45, 2.75) is 44.7 Å². The average molecular weight is 333 g/mol. The van der Waals surface area contributed by atoms with E-state index in [1.165, 1.54) is 29.8 Å². The molecule has 3 heterocycles. The maximum atomic E-state index is 4.47. The van der Waals surface area contributed by atoms with Gasteiger partial charge < -0.3 is 9.80 Å². The number of likely N-dealkylation sites (tertiary alicyclic amines) is 1. The predicted octanol–water partition coefficient (Wildman–Crippen LogP) is 3.55. The second kappa shape index (κ2) is 5.57. The van der Waals surface area contributed by atoms with E-state index in [1.807, 2.05) is 6.20 Å². The van der Waals surface area contributed by atoms with Crippen molar-refractivity contribution in [3.05, 3.63) is 58.9 Å². The Balaban J connectivity index is 1.46. The molecule has 2 fully saturated rings. The van der Waals surface area contributed by atoms with Gasteiger partial charge in [0.25, 0.3) is 0 Å². The first-order chi connectivity index (χ1) is 12.1. The highest BCUT2D eigenvalue weighted by atomic mass is 15.3. The molecule has 1 saturated heterocycles. The topological polar surface area (TPSA) is 19.4 Å². The van der Waals surface area contributed by atoms with Crippen LogP contribution >= 0.6 is 0 Å². The molecule has 25 heavy (non-hydrogen) atoms. The molecule has 0 N–H and O–H groups in total. The van der Waals surface area contributed by atoms with Gasteiger partial charge in [-0.2, -0.15) is 0 Å². The monoisotopic (exact) mass is 333 g/mol. The summed E-state index contributed by atoms with van der Waals surface area (Å²) in [5.41, 5.74) is 6.95. The molecule has 1 saturated carbocycles. The van der Waals surface area contributed by atoms with Gasteiger partial charge in [-0.3, -0.25) is 4.98 Å². The highest BCUT2D eigenvalue weighted by Crippen LogP contribution is 2.56. The van der Waals surface area contributed by atoms with Crippen LogP contribution in [-0.2, 0) is 6.42 Å². The first-order valence-corrected chi connectivity index (χ1v) is 9.61. The van der Waals surface area contributed by atoms with Gasteiger partial charge in [-0.15, -0.1) is 0 Å². The van der Waals surface area contributed by atoms with Crippen molar-refractivity contribution in [2.75, 3.05) is 25.0 Å². The number of anilines is 1. The molecule has 130 valence electrons. The predicted molar refractivity (Wildman–Crippen MR) is 102 cm³/mol. The molecule has 0 unspecified atom stereocenters. The summed E-state index contributed by atoms with van der Waals surface area (Å²) in [4.78, 5) is 9.79. The number of benzene rings is 1. The van der Waals surface area contributed by atoms with Crippen molar-refractivity contribution in [3.63, 3.8) is 0 Å². The molecule has 2 aliphatic heterocycles. The zero-order valence-corrected chi connectivity index (χ0v) is 15.4. The van der Waals surface area contributed by atoms with Crippen LogP contribution in [0.1, 0.15) is 34.7 Å². The summed E-state index contributed by atoms with van der Waals surface area (Å²) in [5, 5.41) is 0. The lowest BCUT2D eigenvalue weighted by Crippen LogP contribution is -2.49. The summed E-state index contributed by atoms with van der Waals surface area (Å²) in [6, 6.07) is 12.9. The largest absolute Gasteiger partial charge is 0.366 e. The van der Waals surface area contributed by atoms with Gasteiger partial charge in [0.15, 0.2) is 0 Å². The van der Waals surface area contributed by atoms with E-state index in [0.29, 0.717) is 6.04 Å². The molecule has 3 nitrogen and oxygen atoms in total. The van der Waals surface area contributed by atoms with Crippen LogP contribution in [0.4, 0.5) is 5.69 Å². The molecule has 3 heteroatoms. The van der Waals surface area contributed by atoms with E-state index in [4.69, 9.17) is 0 Å². The van der Waals surface area contributed by atoms with E-state index in [9.17, 15) is 0 Å². The van der Waals surface area contributed by atoms with Crippen molar-refractivity contribution in [1.29, 1.82) is 0 Å². The minimum Gasteiger partial charge on any atom is -0.366 e. The number of hydrogen-bond acceptors (Lipinski definition) is 3. The Kier molecular flexibility index (Phi) is 3.43. The molecule has 1 aromatic carbocycles. The van der Waals surface area contributed by atoms with Gasteiger partial charge in [0, 0.05) is 42.6 Å². The van der Waals surface area contributed by atoms with E-state index in [2.05, 4.69) is 66.0 Å². The lowest BCUT2D eigenvalue weighted by Gasteiger charge is -2.38. The quantitative estimate of drug-likeness (QED) is 0.856. The molecule has 2 bridgehead atoms. The van der Waals surface area contributed by atoms with Gasteiger partial charge >= 0.3 is 0 Å². The second-order valence-electron chi connectivity index (χ2n) is 8.33. The number of rotatable bonds is 3. The second-order valence-corrected chi connectivity index (χ2v) is 8.33. The number of aryl methyl sites for hydroxylation is 2. The Bertz CT molecular complexity index is 797. The maximum Gasteiger partial charge on any atom is 0.0518 e. The Labute approximate surface area is 150 Å². The van der Waals surface area contributed by atoms with Crippen molar-refractivity contribution < 1.29 is 0 Å². The van der Waals surface area contributed by atoms with Crippen LogP contribution in [0.5, 0.6) is 0 Å². The fourth-order valence-electron chi connectivity index (χ4n) is 5.62. The number of piperidine rings is 1. The van der Waals surface area contributed by atoms with E-state index in [0.717, 1.165) is 36.5 Å². The standard InChI is InChI=1S/C22H27N3/c1-14-4-7-19-18(10-14)21-17-11-20(24(3)13-17)22(21)25(19)9-8-16-6-5-15(2)23-12-16/h4-7,10,12,17,20-22H,8-9,11,13H2,1-3H3/t17-,20-,21-,22-/m0/s1. The van der Waals surface area contributed by atoms with E-state index < -0.39 is 0 Å². The van der Waals surface area contributed by atoms with Crippen LogP contribution < -0.4 is 4.90 Å². The molecule has 0 amide bonds. The maximum absolute atomic E-state index is 4.47. The normalized spacial score (nSPS) is 30.0. The first-order valence-electron chi connectivity index (χ1n) is 9.61. The van der Waals surface area contributed by atoms with Gasteiger partial charge in [-0.25, -0.2) is 0 Å². The third-order valence-corrected chi connectivity index (χ3v) is 6.73. The van der Waals surface area contributed by atoms with E-state index in [1.54, 1.807) is 5.56 Å². The van der Waals surface area contributed by atoms with Gasteiger partial charge in [0.2, 0.25) is 0 Å². The number of hydrogen-bond donors (Lipinski definition) is 0. The highest BCUT2D eigenvalue weighted by Gasteiger charge is 2.56. The van der Waals surface area contributed by atoms with Gasteiger partial charge in [0.1, 0.15) is 0 Å². The molecule has 4 atom stereocenters. The highest BCUT2D eigenvalue weighted by molar-refractivity contribution is 5.65. The molecular formula is C22H27N3. The lowest BCUT2D eigenvalue weighted by atomic mass is 9.86. The van der Waals surface area contributed by atoms with Gasteiger partial charge in [0.05, 0.1) is 6.04 Å². The zero-order valence-electron chi connectivity index (χ0n) is 15.4. The minimum atomic E-state index is 0.666. The van der Waals surface area contributed by atoms with Crippen LogP contribution in [0, 0.1) is 19.8 Å². The van der Waals surface area contributed by atoms with E-state index in [-0.39, 0.29) is 0 Å². The van der Waals surface area contributed by atoms with Crippen molar-refractivity contribution >= 4 is 5.69 Å². The van der Waals surface area contributed by atoms with Crippen LogP contribution in [0.15, 0.2) is 36.5 Å². The van der Waals surface area contributed by atoms with Crippen molar-refractivity contribution in [3.8, 4) is 0 Å². The summed E-state index contributed by atoms with van der Waals surface area (Å²) in [5.74, 6) is 1.58. The molecule has 1 aromatic heterocycles. The van der Waals surface area contributed by atoms with Gasteiger partial charge in [-0.05, 0) is 62.9 Å². The molecule has 1 aliphatic carbocycles. The Morgan fingerprint density at radius 1 is 1.16 bits per heavy atom. The number of fused-ring (bicyclic) bond motifs is 7. The molecule has 0 radical (unpaired) electrons. The van der Waals surface area contributed by atoms with Crippen LogP contribution in [0.3, 0.4) is 0 Å². The Morgan fingerprint density at radius 2 is 2.04 bits per heavy atom. The molecule has 0 spiro atoms. The summed E-state index contributed by atoms with van der Waals surface area (Å²) in [6.45, 7) is 6.65. The molecule has 2 aromatic rings. The number of aromatic nitrogens is 1. The van der Waals surface area contributed by atoms with Crippen molar-refractivity contribution in [2.24, 2.45) is 5.92 Å². The summed E-state index contributed by atoms with van der Waals surface area (Å²) >= 11 is 0. The third-order valence-electron chi connectivity index (χ3n) is 6.73. The summed E-state index contributed by atoms with van der Waals surface area (Å²) < 4.78 is 0. The Hall–Kier alpha value is -1.87. The smallest absolute Gasteiger partial charge is 0.0518 e. The number of likely N-dealkylation sites (N-methyl/N-ethyl adjacent to an activating group) is 1. The third kappa shape index (κ3) is 2.32. The van der Waals surface area contributed by atoms with Crippen LogP contribution in [0.2, 0.25) is 0 Å². The first kappa shape index (κ1) is 15.4. The van der Waals surface area contributed by atoms with Gasteiger partial charge in [-0.1, -0.05) is 23.8 Å². The average Bonchev–Trinajstić information content (AvgIpc) is 3.23. The molecular weight excluding hydrogens is 306 g/mol. The zero-order chi connectivity index (χ0) is 17.1. The van der Waals surface area contributed by atoms with E-state index >= 15 is 0 Å². The minimum absolute atomic E-state index is 0.666. The van der Waals surface area contributed by atoms with Crippen LogP contribution in [0.25, 0.3) is 0 Å². The molecule has 5 rings (SSSR count). The Morgan fingerprint density at radius 3 is 2.84 bits per heavy atom. The summed E-state index contributed by atoms with van der Waals surface area (Å²) in [6.07, 6.45) is 4.50. The molecule has 3 aliphatic rings. The lowest BCUT2D eigenvalue weighted by molar-refractivity contribution is 0.217. The number of pyridine rings is 1. The number of nitrogens with zero attached hydrogens (tertiary/aromatic N) is 3. The summed E-state index contributed by atoms with van der Waals surface area (Å²) in [7, 11) is 2.32. The fraction of sp³-hybridized carbons (Fsp3) is 0.500. The van der Waals surface area contributed by atoms with Crippen molar-refractivity contribution in [1.82, 2.24) is 9.88 Å². The fourth-order valence-corrected chi connectivity index (χ4v) is 5.62.